The van der Waals surface area contributed by atoms with Crippen molar-refractivity contribution in [2.45, 2.75) is 33.1 Å². The summed E-state index contributed by atoms with van der Waals surface area (Å²) >= 11 is 11.8. The van der Waals surface area contributed by atoms with Gasteiger partial charge in [-0.1, -0.05) is 19.9 Å². The molecule has 0 amide bonds. The molecule has 1 rings (SSSR count). The average Bonchev–Trinajstić information content (AvgIpc) is 2.51. The number of alkyl halides is 2. The zero-order chi connectivity index (χ0) is 16.5. The Morgan fingerprint density at radius 3 is 2.32 bits per heavy atom. The van der Waals surface area contributed by atoms with Crippen LogP contribution in [0.4, 0.5) is 11.4 Å². The quantitative estimate of drug-likeness (QED) is 0.524. The molecule has 1 aromatic rings. The maximum Gasteiger partial charge on any atom is 0.0436 e. The van der Waals surface area contributed by atoms with Gasteiger partial charge >= 0.3 is 0 Å². The molecule has 0 radical (unpaired) electrons. The highest BCUT2D eigenvalue weighted by atomic mass is 35.5. The van der Waals surface area contributed by atoms with E-state index in [1.165, 1.54) is 29.8 Å². The lowest BCUT2D eigenvalue weighted by Crippen LogP contribution is -2.27. The van der Waals surface area contributed by atoms with E-state index >= 15 is 0 Å². The minimum Gasteiger partial charge on any atom is -0.369 e. The van der Waals surface area contributed by atoms with Crippen molar-refractivity contribution >= 4 is 34.6 Å². The van der Waals surface area contributed by atoms with Crippen LogP contribution in [-0.2, 0) is 0 Å². The van der Waals surface area contributed by atoms with Crippen molar-refractivity contribution in [1.82, 2.24) is 0 Å². The highest BCUT2D eigenvalue weighted by molar-refractivity contribution is 6.18. The molecule has 0 atom stereocenters. The van der Waals surface area contributed by atoms with Gasteiger partial charge in [0.15, 0.2) is 0 Å². The molecule has 0 aliphatic carbocycles. The minimum absolute atomic E-state index is 0.603. The van der Waals surface area contributed by atoms with Gasteiger partial charge in [0, 0.05) is 49.0 Å². The SMILES string of the molecule is C=C(CCCC)N(C)c1ccc(N(CCCl)CCCl)cc1C. The zero-order valence-corrected chi connectivity index (χ0v) is 15.6. The summed E-state index contributed by atoms with van der Waals surface area (Å²) in [4.78, 5) is 4.42. The number of benzene rings is 1. The predicted molar refractivity (Wildman–Crippen MR) is 102 cm³/mol. The van der Waals surface area contributed by atoms with E-state index in [0.717, 1.165) is 25.2 Å². The Morgan fingerprint density at radius 2 is 1.82 bits per heavy atom. The number of aryl methyl sites for hydroxylation is 1. The van der Waals surface area contributed by atoms with Gasteiger partial charge in [0.1, 0.15) is 0 Å². The van der Waals surface area contributed by atoms with Crippen LogP contribution in [0, 0.1) is 6.92 Å². The lowest BCUT2D eigenvalue weighted by Gasteiger charge is -2.27. The van der Waals surface area contributed by atoms with Crippen molar-refractivity contribution < 1.29 is 0 Å². The summed E-state index contributed by atoms with van der Waals surface area (Å²) in [5.74, 6) is 1.21. The molecule has 0 saturated heterocycles. The predicted octanol–water partition coefficient (Wildman–Crippen LogP) is 5.42. The number of halogens is 2. The number of allylic oxidation sites excluding steroid dienone is 1. The van der Waals surface area contributed by atoms with Crippen LogP contribution in [0.15, 0.2) is 30.5 Å². The van der Waals surface area contributed by atoms with Crippen LogP contribution in [-0.4, -0.2) is 31.9 Å². The van der Waals surface area contributed by atoms with Crippen molar-refractivity contribution in [1.29, 1.82) is 0 Å². The number of nitrogens with zero attached hydrogens (tertiary/aromatic N) is 2. The second kappa shape index (κ2) is 10.0. The fourth-order valence-electron chi connectivity index (χ4n) is 2.51. The molecule has 0 aliphatic heterocycles. The first kappa shape index (κ1) is 19.2. The van der Waals surface area contributed by atoms with Gasteiger partial charge in [-0.3, -0.25) is 0 Å². The largest absolute Gasteiger partial charge is 0.369 e. The first-order valence-electron chi connectivity index (χ1n) is 7.94. The monoisotopic (exact) mass is 342 g/mol. The lowest BCUT2D eigenvalue weighted by molar-refractivity contribution is 0.769. The maximum absolute atomic E-state index is 5.89. The summed E-state index contributed by atoms with van der Waals surface area (Å²) in [5.41, 5.74) is 4.79. The van der Waals surface area contributed by atoms with Crippen LogP contribution in [0.1, 0.15) is 31.7 Å². The Balaban J connectivity index is 2.90. The Morgan fingerprint density at radius 1 is 1.18 bits per heavy atom. The van der Waals surface area contributed by atoms with Crippen LogP contribution in [0.5, 0.6) is 0 Å². The van der Waals surface area contributed by atoms with Crippen LogP contribution >= 0.6 is 23.2 Å². The highest BCUT2D eigenvalue weighted by Crippen LogP contribution is 2.28. The Labute approximate surface area is 145 Å². The third-order valence-corrected chi connectivity index (χ3v) is 4.25. The summed E-state index contributed by atoms with van der Waals surface area (Å²) in [6.07, 6.45) is 3.41. The first-order valence-corrected chi connectivity index (χ1v) is 9.01. The van der Waals surface area contributed by atoms with E-state index in [1.54, 1.807) is 0 Å². The third-order valence-electron chi connectivity index (χ3n) is 3.91. The molecule has 22 heavy (non-hydrogen) atoms. The van der Waals surface area contributed by atoms with Gasteiger partial charge in [0.05, 0.1) is 0 Å². The van der Waals surface area contributed by atoms with Crippen molar-refractivity contribution in [2.24, 2.45) is 0 Å². The number of hydrogen-bond acceptors (Lipinski definition) is 2. The Kier molecular flexibility index (Phi) is 8.74. The molecule has 0 heterocycles. The van der Waals surface area contributed by atoms with E-state index in [9.17, 15) is 0 Å². The Hall–Kier alpha value is -0.860. The number of anilines is 2. The van der Waals surface area contributed by atoms with Crippen molar-refractivity contribution in [3.8, 4) is 0 Å². The summed E-state index contributed by atoms with van der Waals surface area (Å²) in [7, 11) is 2.09. The summed E-state index contributed by atoms with van der Waals surface area (Å²) in [5, 5.41) is 0. The van der Waals surface area contributed by atoms with Crippen molar-refractivity contribution in [3.63, 3.8) is 0 Å². The van der Waals surface area contributed by atoms with Gasteiger partial charge in [-0.25, -0.2) is 0 Å². The van der Waals surface area contributed by atoms with E-state index in [1.807, 2.05) is 0 Å². The average molecular weight is 343 g/mol. The fraction of sp³-hybridized carbons (Fsp3) is 0.556. The summed E-state index contributed by atoms with van der Waals surface area (Å²) in [6, 6.07) is 6.51. The number of hydrogen-bond donors (Lipinski definition) is 0. The molecule has 0 spiro atoms. The number of unbranched alkanes of at least 4 members (excludes halogenated alkanes) is 1. The fourth-order valence-corrected chi connectivity index (χ4v) is 2.91. The summed E-state index contributed by atoms with van der Waals surface area (Å²) in [6.45, 7) is 10.2. The number of rotatable bonds is 10. The minimum atomic E-state index is 0.603. The van der Waals surface area contributed by atoms with Crippen LogP contribution < -0.4 is 9.80 Å². The molecule has 0 saturated carbocycles. The second-order valence-corrected chi connectivity index (χ2v) is 6.32. The van der Waals surface area contributed by atoms with Gasteiger partial charge < -0.3 is 9.80 Å². The molecule has 0 aliphatic rings. The van der Waals surface area contributed by atoms with E-state index in [-0.39, 0.29) is 0 Å². The highest BCUT2D eigenvalue weighted by Gasteiger charge is 2.11. The molecular weight excluding hydrogens is 315 g/mol. The molecule has 0 N–H and O–H groups in total. The van der Waals surface area contributed by atoms with Crippen LogP contribution in [0.3, 0.4) is 0 Å². The topological polar surface area (TPSA) is 6.48 Å². The van der Waals surface area contributed by atoms with Gasteiger partial charge in [0.2, 0.25) is 0 Å². The Bertz CT molecular complexity index is 468. The smallest absolute Gasteiger partial charge is 0.0436 e. The normalized spacial score (nSPS) is 10.6. The first-order chi connectivity index (χ1) is 10.5. The van der Waals surface area contributed by atoms with Crippen LogP contribution in [0.2, 0.25) is 0 Å². The van der Waals surface area contributed by atoms with E-state index in [4.69, 9.17) is 23.2 Å². The van der Waals surface area contributed by atoms with E-state index < -0.39 is 0 Å². The molecular formula is C18H28Cl2N2. The van der Waals surface area contributed by atoms with E-state index in [2.05, 4.69) is 55.5 Å². The molecule has 0 aromatic heterocycles. The van der Waals surface area contributed by atoms with Gasteiger partial charge in [-0.2, -0.15) is 0 Å². The molecule has 4 heteroatoms. The van der Waals surface area contributed by atoms with E-state index in [0.29, 0.717) is 11.8 Å². The lowest BCUT2D eigenvalue weighted by atomic mass is 10.1. The second-order valence-electron chi connectivity index (χ2n) is 5.56. The van der Waals surface area contributed by atoms with Gasteiger partial charge in [-0.15, -0.1) is 23.2 Å². The molecule has 0 bridgehead atoms. The van der Waals surface area contributed by atoms with Crippen LogP contribution in [0.25, 0.3) is 0 Å². The standard InChI is InChI=1S/C18H28Cl2N2/c1-5-6-7-16(3)21(4)18-9-8-17(14-15(18)2)22(12-10-19)13-11-20/h8-9,14H,3,5-7,10-13H2,1-2,4H3. The molecule has 0 fully saturated rings. The van der Waals surface area contributed by atoms with Crippen molar-refractivity contribution in [3.05, 3.63) is 36.0 Å². The molecule has 2 nitrogen and oxygen atoms in total. The third kappa shape index (κ3) is 5.40. The molecule has 0 unspecified atom stereocenters. The zero-order valence-electron chi connectivity index (χ0n) is 14.0. The summed E-state index contributed by atoms with van der Waals surface area (Å²) < 4.78 is 0. The van der Waals surface area contributed by atoms with Crippen molar-refractivity contribution in [2.75, 3.05) is 41.7 Å². The van der Waals surface area contributed by atoms with Gasteiger partial charge in [-0.05, 0) is 43.5 Å². The maximum atomic E-state index is 5.89. The van der Waals surface area contributed by atoms with Gasteiger partial charge in [0.25, 0.3) is 0 Å². The molecule has 124 valence electrons. The molecule has 1 aromatic carbocycles.